The van der Waals surface area contributed by atoms with E-state index in [4.69, 9.17) is 9.84 Å². The molecule has 0 aliphatic heterocycles. The van der Waals surface area contributed by atoms with Gasteiger partial charge in [0.15, 0.2) is 0 Å². The van der Waals surface area contributed by atoms with Gasteiger partial charge in [-0.3, -0.25) is 0 Å². The topological polar surface area (TPSA) is 41.5 Å². The molecule has 3 aromatic rings. The molecule has 0 amide bonds. The van der Waals surface area contributed by atoms with E-state index in [1.54, 1.807) is 0 Å². The third kappa shape index (κ3) is 4.84. The predicted molar refractivity (Wildman–Crippen MR) is 107 cm³/mol. The molecular formula is C23H27NO2. The smallest absolute Gasteiger partial charge is 0.124 e. The third-order valence-electron chi connectivity index (χ3n) is 4.54. The van der Waals surface area contributed by atoms with Gasteiger partial charge in [0.25, 0.3) is 0 Å². The first-order chi connectivity index (χ1) is 12.8. The maximum Gasteiger partial charge on any atom is 0.124 e. The Morgan fingerprint density at radius 3 is 2.69 bits per heavy atom. The van der Waals surface area contributed by atoms with E-state index in [0.717, 1.165) is 31.7 Å². The van der Waals surface area contributed by atoms with Gasteiger partial charge in [-0.05, 0) is 48.7 Å². The third-order valence-corrected chi connectivity index (χ3v) is 4.54. The number of benzene rings is 3. The molecule has 0 aliphatic rings. The summed E-state index contributed by atoms with van der Waals surface area (Å²) in [6, 6.07) is 21.0. The molecule has 0 radical (unpaired) electrons. The summed E-state index contributed by atoms with van der Waals surface area (Å²) in [5.41, 5.74) is 3.62. The van der Waals surface area contributed by atoms with Gasteiger partial charge in [-0.1, -0.05) is 60.2 Å². The van der Waals surface area contributed by atoms with Gasteiger partial charge >= 0.3 is 0 Å². The second kappa shape index (κ2) is 9.37. The number of fused-ring (bicyclic) bond motifs is 1. The van der Waals surface area contributed by atoms with Crippen molar-refractivity contribution in [1.82, 2.24) is 5.32 Å². The Morgan fingerprint density at radius 1 is 0.962 bits per heavy atom. The van der Waals surface area contributed by atoms with Gasteiger partial charge in [-0.25, -0.2) is 0 Å². The average molecular weight is 349 g/mol. The Bertz CT molecular complexity index is 844. The summed E-state index contributed by atoms with van der Waals surface area (Å²) in [7, 11) is 0. The van der Waals surface area contributed by atoms with E-state index in [1.807, 2.05) is 0 Å². The quantitative estimate of drug-likeness (QED) is 0.555. The van der Waals surface area contributed by atoms with E-state index in [0.29, 0.717) is 6.61 Å². The molecule has 0 aromatic heterocycles. The Labute approximate surface area is 155 Å². The lowest BCUT2D eigenvalue weighted by molar-refractivity contribution is 0.283. The van der Waals surface area contributed by atoms with Crippen LogP contribution in [0.5, 0.6) is 5.75 Å². The lowest BCUT2D eigenvalue weighted by Gasteiger charge is -2.15. The standard InChI is InChI=1S/C23H27NO2/c1-18-7-6-8-19(15-18)17-26-23-12-11-20-9-2-3-10-21(20)22(23)16-24-13-4-5-14-25/h2-3,6-12,15,24-25H,4-5,13-14,16-17H2,1H3. The van der Waals surface area contributed by atoms with Gasteiger partial charge < -0.3 is 15.2 Å². The molecular weight excluding hydrogens is 322 g/mol. The van der Waals surface area contributed by atoms with Crippen molar-refractivity contribution in [2.45, 2.75) is 32.9 Å². The van der Waals surface area contributed by atoms with Crippen molar-refractivity contribution in [3.63, 3.8) is 0 Å². The van der Waals surface area contributed by atoms with Crippen LogP contribution in [0.3, 0.4) is 0 Å². The van der Waals surface area contributed by atoms with Gasteiger partial charge in [0.2, 0.25) is 0 Å². The molecule has 2 N–H and O–H groups in total. The van der Waals surface area contributed by atoms with Crippen molar-refractivity contribution in [3.05, 3.63) is 77.4 Å². The van der Waals surface area contributed by atoms with Crippen LogP contribution < -0.4 is 10.1 Å². The predicted octanol–water partition coefficient (Wildman–Crippen LogP) is 4.59. The maximum absolute atomic E-state index is 8.92. The first-order valence-electron chi connectivity index (χ1n) is 9.28. The van der Waals surface area contributed by atoms with Crippen molar-refractivity contribution >= 4 is 10.8 Å². The minimum absolute atomic E-state index is 0.251. The highest BCUT2D eigenvalue weighted by Gasteiger charge is 2.09. The van der Waals surface area contributed by atoms with E-state index in [9.17, 15) is 0 Å². The lowest BCUT2D eigenvalue weighted by Crippen LogP contribution is -2.16. The minimum Gasteiger partial charge on any atom is -0.489 e. The van der Waals surface area contributed by atoms with Gasteiger partial charge in [-0.15, -0.1) is 0 Å². The van der Waals surface area contributed by atoms with E-state index < -0.39 is 0 Å². The highest BCUT2D eigenvalue weighted by molar-refractivity contribution is 5.87. The number of rotatable bonds is 9. The zero-order valence-electron chi connectivity index (χ0n) is 15.4. The minimum atomic E-state index is 0.251. The summed E-state index contributed by atoms with van der Waals surface area (Å²) in [6.07, 6.45) is 1.81. The van der Waals surface area contributed by atoms with Crippen LogP contribution in [0.4, 0.5) is 0 Å². The van der Waals surface area contributed by atoms with Crippen LogP contribution in [0.25, 0.3) is 10.8 Å². The molecule has 0 heterocycles. The molecule has 0 spiro atoms. The Balaban J connectivity index is 1.77. The van der Waals surface area contributed by atoms with E-state index >= 15 is 0 Å². The fraction of sp³-hybridized carbons (Fsp3) is 0.304. The first-order valence-corrected chi connectivity index (χ1v) is 9.28. The highest BCUT2D eigenvalue weighted by Crippen LogP contribution is 2.28. The molecule has 0 atom stereocenters. The SMILES string of the molecule is Cc1cccc(COc2ccc3ccccc3c2CNCCCCO)c1. The number of aliphatic hydroxyl groups is 1. The van der Waals surface area contributed by atoms with Gasteiger partial charge in [0, 0.05) is 18.7 Å². The zero-order chi connectivity index (χ0) is 18.2. The van der Waals surface area contributed by atoms with Crippen LogP contribution in [-0.4, -0.2) is 18.3 Å². The highest BCUT2D eigenvalue weighted by atomic mass is 16.5. The van der Waals surface area contributed by atoms with Crippen molar-refractivity contribution in [2.24, 2.45) is 0 Å². The first kappa shape index (κ1) is 18.4. The Kier molecular flexibility index (Phi) is 6.64. The molecule has 0 fully saturated rings. The summed E-state index contributed by atoms with van der Waals surface area (Å²) < 4.78 is 6.18. The summed E-state index contributed by atoms with van der Waals surface area (Å²) in [4.78, 5) is 0. The van der Waals surface area contributed by atoms with Gasteiger partial charge in [0.05, 0.1) is 0 Å². The van der Waals surface area contributed by atoms with Crippen LogP contribution in [0.15, 0.2) is 60.7 Å². The molecule has 3 heteroatoms. The van der Waals surface area contributed by atoms with Crippen molar-refractivity contribution < 1.29 is 9.84 Å². The number of aryl methyl sites for hydroxylation is 1. The van der Waals surface area contributed by atoms with Gasteiger partial charge in [-0.2, -0.15) is 0 Å². The number of hydrogen-bond donors (Lipinski definition) is 2. The van der Waals surface area contributed by atoms with Crippen LogP contribution in [0, 0.1) is 6.92 Å². The summed E-state index contributed by atoms with van der Waals surface area (Å²) in [5.74, 6) is 0.930. The molecule has 26 heavy (non-hydrogen) atoms. The normalized spacial score (nSPS) is 11.0. The number of ether oxygens (including phenoxy) is 1. The molecule has 0 bridgehead atoms. The van der Waals surface area contributed by atoms with Crippen molar-refractivity contribution in [1.29, 1.82) is 0 Å². The Hall–Kier alpha value is -2.36. The second-order valence-corrected chi connectivity index (χ2v) is 6.65. The molecule has 3 rings (SSSR count). The fourth-order valence-electron chi connectivity index (χ4n) is 3.17. The summed E-state index contributed by atoms with van der Waals surface area (Å²) in [5, 5.41) is 14.9. The average Bonchev–Trinajstić information content (AvgIpc) is 2.67. The van der Waals surface area contributed by atoms with E-state index in [-0.39, 0.29) is 6.61 Å². The van der Waals surface area contributed by atoms with E-state index in [2.05, 4.69) is 72.9 Å². The molecule has 0 saturated carbocycles. The van der Waals surface area contributed by atoms with Crippen LogP contribution in [0.2, 0.25) is 0 Å². The van der Waals surface area contributed by atoms with E-state index in [1.165, 1.54) is 27.5 Å². The second-order valence-electron chi connectivity index (χ2n) is 6.65. The molecule has 0 saturated heterocycles. The molecule has 136 valence electrons. The maximum atomic E-state index is 8.92. The lowest BCUT2D eigenvalue weighted by atomic mass is 10.0. The number of hydrogen-bond acceptors (Lipinski definition) is 3. The Morgan fingerprint density at radius 2 is 1.85 bits per heavy atom. The number of nitrogens with one attached hydrogen (secondary N) is 1. The monoisotopic (exact) mass is 349 g/mol. The van der Waals surface area contributed by atoms with Crippen molar-refractivity contribution in [3.8, 4) is 5.75 Å². The molecule has 3 aromatic carbocycles. The van der Waals surface area contributed by atoms with Crippen LogP contribution in [0.1, 0.15) is 29.5 Å². The number of aliphatic hydroxyl groups excluding tert-OH is 1. The molecule has 0 unspecified atom stereocenters. The molecule has 3 nitrogen and oxygen atoms in total. The summed E-state index contributed by atoms with van der Waals surface area (Å²) in [6.45, 7) is 4.57. The number of unbranched alkanes of at least 4 members (excludes halogenated alkanes) is 1. The zero-order valence-corrected chi connectivity index (χ0v) is 15.4. The van der Waals surface area contributed by atoms with Crippen molar-refractivity contribution in [2.75, 3.05) is 13.2 Å². The molecule has 0 aliphatic carbocycles. The largest absolute Gasteiger partial charge is 0.489 e. The van der Waals surface area contributed by atoms with Crippen LogP contribution >= 0.6 is 0 Å². The summed E-state index contributed by atoms with van der Waals surface area (Å²) >= 11 is 0. The van der Waals surface area contributed by atoms with Crippen LogP contribution in [-0.2, 0) is 13.2 Å². The fourth-order valence-corrected chi connectivity index (χ4v) is 3.17. The van der Waals surface area contributed by atoms with Gasteiger partial charge in [0.1, 0.15) is 12.4 Å².